The first-order chi connectivity index (χ1) is 12.3. The van der Waals surface area contributed by atoms with Crippen molar-refractivity contribution in [3.63, 3.8) is 0 Å². The molecule has 0 aliphatic rings. The van der Waals surface area contributed by atoms with Crippen LogP contribution in [0.2, 0.25) is 0 Å². The highest BCUT2D eigenvalue weighted by molar-refractivity contribution is 5.52. The van der Waals surface area contributed by atoms with Crippen molar-refractivity contribution in [2.75, 3.05) is 0 Å². The summed E-state index contributed by atoms with van der Waals surface area (Å²) in [5.41, 5.74) is 1.37. The molecule has 0 atom stereocenters. The zero-order chi connectivity index (χ0) is 18.9. The molecular formula is C20H21N3O3. The van der Waals surface area contributed by atoms with Crippen molar-refractivity contribution in [1.82, 2.24) is 15.0 Å². The van der Waals surface area contributed by atoms with Gasteiger partial charge < -0.3 is 14.4 Å². The molecule has 3 aromatic rings. The van der Waals surface area contributed by atoms with Gasteiger partial charge in [-0.2, -0.15) is 0 Å². The number of hydrogen-bond acceptors (Lipinski definition) is 4. The lowest BCUT2D eigenvalue weighted by molar-refractivity contribution is 0.407. The molecule has 2 heterocycles. The van der Waals surface area contributed by atoms with Gasteiger partial charge in [0, 0.05) is 5.41 Å². The summed E-state index contributed by atoms with van der Waals surface area (Å²) in [7, 11) is 0. The number of aromatic amines is 2. The van der Waals surface area contributed by atoms with Crippen LogP contribution in [0.3, 0.4) is 0 Å². The van der Waals surface area contributed by atoms with E-state index in [0.29, 0.717) is 11.5 Å². The maximum Gasteiger partial charge on any atom is 0.272 e. The lowest BCUT2D eigenvalue weighted by Gasteiger charge is -2.14. The van der Waals surface area contributed by atoms with Crippen LogP contribution in [0.5, 0.6) is 0 Å². The van der Waals surface area contributed by atoms with Crippen LogP contribution in [0, 0.1) is 6.92 Å². The van der Waals surface area contributed by atoms with Gasteiger partial charge in [-0.15, -0.1) is 0 Å². The van der Waals surface area contributed by atoms with Crippen LogP contribution in [0.1, 0.15) is 43.4 Å². The number of nitrogens with one attached hydrogen (secondary N) is 2. The second-order valence-electron chi connectivity index (χ2n) is 7.20. The van der Waals surface area contributed by atoms with Gasteiger partial charge in [0.05, 0.1) is 0 Å². The number of nitrogens with zero attached hydrogens (tertiary/aromatic N) is 1. The van der Waals surface area contributed by atoms with Crippen molar-refractivity contribution >= 4 is 12.2 Å². The molecule has 2 N–H and O–H groups in total. The summed E-state index contributed by atoms with van der Waals surface area (Å²) >= 11 is 0. The molecule has 1 aromatic carbocycles. The summed E-state index contributed by atoms with van der Waals surface area (Å²) in [5, 5.41) is 0.342. The minimum Gasteiger partial charge on any atom is -0.447 e. The first-order valence-corrected chi connectivity index (χ1v) is 8.31. The van der Waals surface area contributed by atoms with Crippen molar-refractivity contribution in [3.8, 4) is 0 Å². The van der Waals surface area contributed by atoms with Crippen LogP contribution in [-0.4, -0.2) is 15.0 Å². The normalized spacial score (nSPS) is 13.4. The van der Waals surface area contributed by atoms with Gasteiger partial charge in [-0.05, 0) is 30.2 Å². The first kappa shape index (κ1) is 17.7. The zero-order valence-electron chi connectivity index (χ0n) is 15.2. The Balaban J connectivity index is 2.16. The van der Waals surface area contributed by atoms with E-state index in [2.05, 4.69) is 15.0 Å². The van der Waals surface area contributed by atoms with E-state index in [1.165, 1.54) is 12.5 Å². The summed E-state index contributed by atoms with van der Waals surface area (Å²) in [4.78, 5) is 34.2. The van der Waals surface area contributed by atoms with Crippen molar-refractivity contribution in [2.45, 2.75) is 33.1 Å². The Morgan fingerprint density at radius 2 is 1.62 bits per heavy atom. The van der Waals surface area contributed by atoms with Crippen LogP contribution in [-0.2, 0) is 5.41 Å². The minimum absolute atomic E-state index is 0.135. The number of H-pyrrole nitrogens is 2. The summed E-state index contributed by atoms with van der Waals surface area (Å²) in [6.45, 7) is 7.90. The third-order valence-corrected chi connectivity index (χ3v) is 4.03. The molecule has 2 aromatic heterocycles. The lowest BCUT2D eigenvalue weighted by Crippen LogP contribution is -2.46. The predicted molar refractivity (Wildman–Crippen MR) is 100 cm³/mol. The molecular weight excluding hydrogens is 330 g/mol. The van der Waals surface area contributed by atoms with Crippen molar-refractivity contribution in [1.29, 1.82) is 0 Å². The van der Waals surface area contributed by atoms with E-state index in [1.807, 2.05) is 52.0 Å². The number of aryl methyl sites for hydroxylation is 1. The molecule has 0 saturated heterocycles. The highest BCUT2D eigenvalue weighted by Gasteiger charge is 2.21. The van der Waals surface area contributed by atoms with Crippen molar-refractivity contribution < 1.29 is 4.42 Å². The molecule has 0 unspecified atom stereocenters. The number of hydrogen-bond donors (Lipinski definition) is 2. The first-order valence-electron chi connectivity index (χ1n) is 8.31. The number of benzene rings is 1. The Morgan fingerprint density at radius 3 is 2.23 bits per heavy atom. The Labute approximate surface area is 149 Å². The van der Waals surface area contributed by atoms with Gasteiger partial charge >= 0.3 is 0 Å². The molecule has 0 radical (unpaired) electrons. The Kier molecular flexibility index (Phi) is 4.50. The van der Waals surface area contributed by atoms with E-state index in [1.54, 1.807) is 6.08 Å². The third kappa shape index (κ3) is 3.59. The van der Waals surface area contributed by atoms with Gasteiger partial charge in [-0.3, -0.25) is 9.59 Å². The van der Waals surface area contributed by atoms with Crippen LogP contribution < -0.4 is 21.8 Å². The van der Waals surface area contributed by atoms with Crippen molar-refractivity contribution in [3.05, 3.63) is 84.6 Å². The highest BCUT2D eigenvalue weighted by Crippen LogP contribution is 2.25. The van der Waals surface area contributed by atoms with E-state index in [4.69, 9.17) is 4.42 Å². The molecule has 0 bridgehead atoms. The van der Waals surface area contributed by atoms with Gasteiger partial charge in [0.15, 0.2) is 6.39 Å². The fourth-order valence-corrected chi connectivity index (χ4v) is 2.66. The minimum atomic E-state index is -0.396. The van der Waals surface area contributed by atoms with Crippen LogP contribution in [0.15, 0.2) is 44.7 Å². The van der Waals surface area contributed by atoms with Crippen LogP contribution >= 0.6 is 0 Å². The molecule has 0 aliphatic heterocycles. The topological polar surface area (TPSA) is 91.8 Å². The fourth-order valence-electron chi connectivity index (χ4n) is 2.66. The quantitative estimate of drug-likeness (QED) is 0.728. The molecule has 0 amide bonds. The second kappa shape index (κ2) is 6.63. The molecule has 26 heavy (non-hydrogen) atoms. The van der Waals surface area contributed by atoms with E-state index < -0.39 is 5.56 Å². The molecule has 0 saturated carbocycles. The van der Waals surface area contributed by atoms with E-state index >= 15 is 0 Å². The highest BCUT2D eigenvalue weighted by atomic mass is 16.3. The number of rotatable bonds is 2. The summed E-state index contributed by atoms with van der Waals surface area (Å²) in [6.07, 6.45) is 4.52. The van der Waals surface area contributed by atoms with Gasteiger partial charge in [0.1, 0.15) is 22.2 Å². The van der Waals surface area contributed by atoms with E-state index in [-0.39, 0.29) is 21.7 Å². The summed E-state index contributed by atoms with van der Waals surface area (Å²) in [6, 6.07) is 7.63. The average molecular weight is 351 g/mol. The lowest BCUT2D eigenvalue weighted by atomic mass is 9.92. The zero-order valence-corrected chi connectivity index (χ0v) is 15.2. The smallest absolute Gasteiger partial charge is 0.272 e. The second-order valence-corrected chi connectivity index (χ2v) is 7.20. The molecule has 0 spiro atoms. The molecule has 0 fully saturated rings. The third-order valence-electron chi connectivity index (χ3n) is 4.03. The van der Waals surface area contributed by atoms with E-state index in [9.17, 15) is 9.59 Å². The predicted octanol–water partition coefficient (Wildman–Crippen LogP) is 1.31. The van der Waals surface area contributed by atoms with Gasteiger partial charge in [0.2, 0.25) is 0 Å². The molecule has 6 heteroatoms. The molecule has 0 aliphatic carbocycles. The maximum absolute atomic E-state index is 12.4. The van der Waals surface area contributed by atoms with Crippen molar-refractivity contribution in [2.24, 2.45) is 0 Å². The maximum atomic E-state index is 12.4. The Morgan fingerprint density at radius 1 is 1.00 bits per heavy atom. The SMILES string of the molecule is Cc1ccccc1/C=c1\[nH]c(=O)/c(=C/c2ncoc2C(C)(C)C)[nH]c1=O. The average Bonchev–Trinajstić information content (AvgIpc) is 3.03. The summed E-state index contributed by atoms with van der Waals surface area (Å²) in [5.74, 6) is 0.647. The van der Waals surface area contributed by atoms with Gasteiger partial charge in [-0.25, -0.2) is 4.98 Å². The standard InChI is InChI=1S/C20H21N3O3/c1-12-7-5-6-8-13(12)9-15-18(24)23-16(19(25)22-15)10-14-17(20(2,3)4)26-11-21-14/h5-11H,1-4H3,(H,22,25)(H,23,24)/b15-9-,16-10-. The fraction of sp³-hybridized carbons (Fsp3) is 0.250. The summed E-state index contributed by atoms with van der Waals surface area (Å²) < 4.78 is 5.43. The molecule has 3 rings (SSSR count). The Hall–Kier alpha value is -3.15. The van der Waals surface area contributed by atoms with Gasteiger partial charge in [0.25, 0.3) is 11.1 Å². The number of aromatic nitrogens is 3. The molecule has 134 valence electrons. The molecule has 6 nitrogen and oxygen atoms in total. The largest absolute Gasteiger partial charge is 0.447 e. The van der Waals surface area contributed by atoms with Crippen LogP contribution in [0.25, 0.3) is 12.2 Å². The number of oxazole rings is 1. The Bertz CT molecular complexity index is 1170. The van der Waals surface area contributed by atoms with Crippen LogP contribution in [0.4, 0.5) is 0 Å². The van der Waals surface area contributed by atoms with E-state index in [0.717, 1.165) is 11.1 Å². The monoisotopic (exact) mass is 351 g/mol. The van der Waals surface area contributed by atoms with Gasteiger partial charge in [-0.1, -0.05) is 45.0 Å².